The number of ether oxygens (including phenoxy) is 1. The number of rotatable bonds is 7. The van der Waals surface area contributed by atoms with Crippen molar-refractivity contribution < 1.29 is 23.9 Å². The first-order valence-electron chi connectivity index (χ1n) is 13.1. The first-order chi connectivity index (χ1) is 17.9. The molecular formula is C27H28N4O5S. The second-order valence-electron chi connectivity index (χ2n) is 11.2. The van der Waals surface area contributed by atoms with Gasteiger partial charge in [-0.15, -0.1) is 11.3 Å². The van der Waals surface area contributed by atoms with E-state index in [1.54, 1.807) is 29.5 Å². The van der Waals surface area contributed by atoms with Crippen LogP contribution in [0.15, 0.2) is 23.6 Å². The van der Waals surface area contributed by atoms with E-state index in [0.717, 1.165) is 39.9 Å². The number of carbonyl (C=O) groups is 4. The van der Waals surface area contributed by atoms with Gasteiger partial charge < -0.3 is 10.1 Å². The second-order valence-corrected chi connectivity index (χ2v) is 12.1. The van der Waals surface area contributed by atoms with Crippen molar-refractivity contribution in [1.82, 2.24) is 20.5 Å². The van der Waals surface area contributed by atoms with Gasteiger partial charge in [0.1, 0.15) is 23.4 Å². The minimum absolute atomic E-state index is 0.0805. The minimum atomic E-state index is -1.00. The second kappa shape index (κ2) is 8.46. The third-order valence-corrected chi connectivity index (χ3v) is 9.88. The molecule has 6 aliphatic rings. The molecule has 2 N–H and O–H groups in total. The number of imide groups is 2. The van der Waals surface area contributed by atoms with Crippen molar-refractivity contribution in [3.63, 3.8) is 0 Å². The van der Waals surface area contributed by atoms with Crippen LogP contribution in [0.2, 0.25) is 0 Å². The van der Waals surface area contributed by atoms with Crippen LogP contribution < -0.4 is 15.4 Å². The zero-order valence-corrected chi connectivity index (χ0v) is 21.1. The van der Waals surface area contributed by atoms with Gasteiger partial charge in [0.25, 0.3) is 11.8 Å². The Labute approximate surface area is 218 Å². The molecule has 8 rings (SSSR count). The van der Waals surface area contributed by atoms with Crippen LogP contribution in [0.4, 0.5) is 0 Å². The predicted octanol–water partition coefficient (Wildman–Crippen LogP) is 2.79. The minimum Gasteiger partial charge on any atom is -0.486 e. The van der Waals surface area contributed by atoms with Gasteiger partial charge in [0.05, 0.1) is 16.8 Å². The van der Waals surface area contributed by atoms with E-state index in [4.69, 9.17) is 9.72 Å². The number of amides is 4. The average Bonchev–Trinajstić information content (AvgIpc) is 3.57. The van der Waals surface area contributed by atoms with Crippen LogP contribution in [0.1, 0.15) is 76.4 Å². The van der Waals surface area contributed by atoms with Gasteiger partial charge in [-0.3, -0.25) is 29.4 Å². The Morgan fingerprint density at radius 3 is 2.70 bits per heavy atom. The number of thiazole rings is 1. The van der Waals surface area contributed by atoms with Crippen LogP contribution in [-0.2, 0) is 22.7 Å². The largest absolute Gasteiger partial charge is 0.486 e. The highest BCUT2D eigenvalue weighted by Crippen LogP contribution is 2.60. The monoisotopic (exact) mass is 520 g/mol. The summed E-state index contributed by atoms with van der Waals surface area (Å²) in [6.07, 6.45) is 6.98. The summed E-state index contributed by atoms with van der Waals surface area (Å²) in [6, 6.07) is 3.87. The lowest BCUT2D eigenvalue weighted by atomic mass is 9.80. The third kappa shape index (κ3) is 3.72. The lowest BCUT2D eigenvalue weighted by Crippen LogP contribution is -2.54. The standard InChI is InChI=1S/C27H28N4O5S/c32-21-5-4-19(24(33)30-21)31-25(34)18-2-1-3-20(23(18)26(31)35)36-12-17-13-37-22(29-17)11-28-27-9-14-6-15(10-27)8-16(27)7-14/h1-3,13-16,19,28H,4-12H2,(H,30,32,33). The molecule has 5 fully saturated rings. The van der Waals surface area contributed by atoms with Crippen molar-refractivity contribution in [3.8, 4) is 5.75 Å². The number of carbonyl (C=O) groups excluding carboxylic acids is 4. The summed E-state index contributed by atoms with van der Waals surface area (Å²) in [4.78, 5) is 55.8. The van der Waals surface area contributed by atoms with E-state index in [9.17, 15) is 19.2 Å². The molecule has 1 saturated heterocycles. The molecule has 37 heavy (non-hydrogen) atoms. The van der Waals surface area contributed by atoms with Gasteiger partial charge in [-0.05, 0) is 68.4 Å². The number of benzene rings is 1. The van der Waals surface area contributed by atoms with Crippen LogP contribution in [0.25, 0.3) is 0 Å². The van der Waals surface area contributed by atoms with Gasteiger partial charge >= 0.3 is 0 Å². The van der Waals surface area contributed by atoms with Crippen LogP contribution in [0, 0.1) is 17.8 Å². The van der Waals surface area contributed by atoms with Gasteiger partial charge in [0.15, 0.2) is 0 Å². The Hall–Kier alpha value is -3.11. The van der Waals surface area contributed by atoms with Gasteiger partial charge in [0.2, 0.25) is 11.8 Å². The average molecular weight is 521 g/mol. The molecule has 0 spiro atoms. The van der Waals surface area contributed by atoms with E-state index in [1.165, 1.54) is 32.1 Å². The fraction of sp³-hybridized carbons (Fsp3) is 0.519. The Bertz CT molecular complexity index is 1320. The molecular weight excluding hydrogens is 492 g/mol. The number of nitrogens with zero attached hydrogens (tertiary/aromatic N) is 2. The van der Waals surface area contributed by atoms with Crippen LogP contribution >= 0.6 is 11.3 Å². The van der Waals surface area contributed by atoms with Gasteiger partial charge in [-0.2, -0.15) is 0 Å². The molecule has 0 radical (unpaired) electrons. The maximum Gasteiger partial charge on any atom is 0.266 e. The van der Waals surface area contributed by atoms with Crippen LogP contribution in [-0.4, -0.2) is 45.1 Å². The molecule has 2 aliphatic heterocycles. The Balaban J connectivity index is 1.02. The molecule has 4 amide bonds. The summed E-state index contributed by atoms with van der Waals surface area (Å²) >= 11 is 1.60. The highest BCUT2D eigenvalue weighted by Gasteiger charge is 2.57. The maximum atomic E-state index is 13.2. The first-order valence-corrected chi connectivity index (χ1v) is 13.9. The molecule has 4 saturated carbocycles. The molecule has 4 bridgehead atoms. The first kappa shape index (κ1) is 23.0. The van der Waals surface area contributed by atoms with Crippen LogP contribution in [0.5, 0.6) is 5.75 Å². The van der Waals surface area contributed by atoms with E-state index < -0.39 is 29.7 Å². The van der Waals surface area contributed by atoms with Gasteiger partial charge in [-0.25, -0.2) is 4.98 Å². The van der Waals surface area contributed by atoms with Crippen LogP contribution in [0.3, 0.4) is 0 Å². The van der Waals surface area contributed by atoms with E-state index in [1.807, 2.05) is 5.38 Å². The highest BCUT2D eigenvalue weighted by molar-refractivity contribution is 7.09. The zero-order valence-electron chi connectivity index (χ0n) is 20.3. The number of hydrogen-bond acceptors (Lipinski definition) is 8. The Morgan fingerprint density at radius 2 is 1.92 bits per heavy atom. The topological polar surface area (TPSA) is 118 Å². The fourth-order valence-electron chi connectivity index (χ4n) is 7.59. The van der Waals surface area contributed by atoms with E-state index in [-0.39, 0.29) is 36.3 Å². The molecule has 1 aromatic heterocycles. The Kier molecular flexibility index (Phi) is 5.27. The highest BCUT2D eigenvalue weighted by atomic mass is 32.1. The molecule has 3 unspecified atom stereocenters. The molecule has 1 aromatic carbocycles. The Morgan fingerprint density at radius 1 is 1.11 bits per heavy atom. The van der Waals surface area contributed by atoms with Crippen molar-refractivity contribution in [2.45, 2.75) is 69.7 Å². The van der Waals surface area contributed by atoms with Crippen molar-refractivity contribution in [1.29, 1.82) is 0 Å². The molecule has 3 atom stereocenters. The fourth-order valence-corrected chi connectivity index (χ4v) is 8.31. The number of hydrogen-bond donors (Lipinski definition) is 2. The van der Waals surface area contributed by atoms with Gasteiger partial charge in [-0.1, -0.05) is 6.07 Å². The number of fused-ring (bicyclic) bond motifs is 1. The lowest BCUT2D eigenvalue weighted by Gasteiger charge is -2.33. The van der Waals surface area contributed by atoms with Crippen molar-refractivity contribution >= 4 is 35.0 Å². The molecule has 3 heterocycles. The molecule has 9 nitrogen and oxygen atoms in total. The smallest absolute Gasteiger partial charge is 0.266 e. The van der Waals surface area contributed by atoms with E-state index in [2.05, 4.69) is 10.6 Å². The van der Waals surface area contributed by atoms with Gasteiger partial charge in [0, 0.05) is 23.9 Å². The van der Waals surface area contributed by atoms with Crippen molar-refractivity contribution in [2.75, 3.05) is 0 Å². The summed E-state index contributed by atoms with van der Waals surface area (Å²) in [5, 5.41) is 9.08. The molecule has 4 aliphatic carbocycles. The zero-order chi connectivity index (χ0) is 25.3. The summed E-state index contributed by atoms with van der Waals surface area (Å²) < 4.78 is 5.98. The normalized spacial score (nSPS) is 31.8. The number of nitrogens with one attached hydrogen (secondary N) is 2. The number of aromatic nitrogens is 1. The summed E-state index contributed by atoms with van der Waals surface area (Å²) in [5.74, 6) is 0.758. The van der Waals surface area contributed by atoms with E-state index in [0.29, 0.717) is 5.54 Å². The number of piperidine rings is 1. The summed E-state index contributed by atoms with van der Waals surface area (Å²) in [7, 11) is 0. The summed E-state index contributed by atoms with van der Waals surface area (Å²) in [5.41, 5.74) is 1.44. The SMILES string of the molecule is O=C1CCC(N2C(=O)c3cccc(OCc4csc(CNC56CC7CC(CC5C7)C6)n4)c3C2=O)C(=O)N1. The van der Waals surface area contributed by atoms with Crippen molar-refractivity contribution in [3.05, 3.63) is 45.4 Å². The third-order valence-electron chi connectivity index (χ3n) is 8.99. The molecule has 10 heteroatoms. The predicted molar refractivity (Wildman–Crippen MR) is 133 cm³/mol. The quantitative estimate of drug-likeness (QED) is 0.539. The summed E-state index contributed by atoms with van der Waals surface area (Å²) in [6.45, 7) is 0.931. The lowest BCUT2D eigenvalue weighted by molar-refractivity contribution is -0.136. The molecule has 192 valence electrons. The molecule has 2 aromatic rings. The van der Waals surface area contributed by atoms with Crippen molar-refractivity contribution in [2.24, 2.45) is 17.8 Å². The van der Waals surface area contributed by atoms with E-state index >= 15 is 0 Å². The maximum absolute atomic E-state index is 13.2.